The van der Waals surface area contributed by atoms with E-state index in [0.29, 0.717) is 12.5 Å². The van der Waals surface area contributed by atoms with Crippen LogP contribution in [0.5, 0.6) is 0 Å². The summed E-state index contributed by atoms with van der Waals surface area (Å²) in [6.07, 6.45) is 2.88. The summed E-state index contributed by atoms with van der Waals surface area (Å²) < 4.78 is 5.31. The molecule has 20 heavy (non-hydrogen) atoms. The third-order valence-corrected chi connectivity index (χ3v) is 4.28. The molecule has 0 radical (unpaired) electrons. The molecule has 1 amide bonds. The minimum Gasteiger partial charge on any atom is -0.379 e. The molecule has 2 aliphatic heterocycles. The second-order valence-corrected chi connectivity index (χ2v) is 5.68. The van der Waals surface area contributed by atoms with E-state index in [4.69, 9.17) is 4.74 Å². The Labute approximate surface area is 119 Å². The highest BCUT2D eigenvalue weighted by Gasteiger charge is 2.29. The van der Waals surface area contributed by atoms with E-state index in [1.165, 1.54) is 11.3 Å². The number of carbonyl (C=O) groups is 1. The van der Waals surface area contributed by atoms with Crippen molar-refractivity contribution in [1.82, 2.24) is 20.0 Å². The molecule has 110 valence electrons. The number of nitrogens with one attached hydrogen (secondary N) is 1. The molecule has 0 bridgehead atoms. The molecule has 3 heterocycles. The molecule has 6 heteroatoms. The standard InChI is InChI=1S/C14H22N4O2/c1-11-8-15-16-14(11)12-2-3-18(9-12)13(19)10-17-4-6-20-7-5-17/h8,12H,2-7,9-10H2,1H3,(H,15,16)/t12-/m1/s1. The highest BCUT2D eigenvalue weighted by molar-refractivity contribution is 5.78. The predicted molar refractivity (Wildman–Crippen MR) is 74.5 cm³/mol. The van der Waals surface area contributed by atoms with Crippen molar-refractivity contribution in [3.63, 3.8) is 0 Å². The molecule has 1 aromatic heterocycles. The number of ether oxygens (including phenoxy) is 1. The number of rotatable bonds is 3. The Kier molecular flexibility index (Phi) is 4.03. The third-order valence-electron chi connectivity index (χ3n) is 4.28. The first kappa shape index (κ1) is 13.6. The van der Waals surface area contributed by atoms with Gasteiger partial charge in [-0.25, -0.2) is 0 Å². The van der Waals surface area contributed by atoms with Crippen molar-refractivity contribution in [2.75, 3.05) is 45.9 Å². The molecule has 2 aliphatic rings. The SMILES string of the molecule is Cc1cn[nH]c1[C@@H]1CCN(C(=O)CN2CCOCC2)C1. The molecule has 0 spiro atoms. The van der Waals surface area contributed by atoms with E-state index in [1.54, 1.807) is 0 Å². The first-order chi connectivity index (χ1) is 9.74. The Morgan fingerprint density at radius 3 is 2.95 bits per heavy atom. The van der Waals surface area contributed by atoms with Crippen LogP contribution in [0.4, 0.5) is 0 Å². The van der Waals surface area contributed by atoms with Gasteiger partial charge in [-0.3, -0.25) is 14.8 Å². The summed E-state index contributed by atoms with van der Waals surface area (Å²) in [5.41, 5.74) is 2.38. The lowest BCUT2D eigenvalue weighted by Gasteiger charge is -2.28. The van der Waals surface area contributed by atoms with Crippen molar-refractivity contribution < 1.29 is 9.53 Å². The summed E-state index contributed by atoms with van der Waals surface area (Å²) in [4.78, 5) is 16.5. The number of aryl methyl sites for hydroxylation is 1. The fourth-order valence-corrected chi connectivity index (χ4v) is 3.04. The van der Waals surface area contributed by atoms with E-state index in [-0.39, 0.29) is 5.91 Å². The van der Waals surface area contributed by atoms with Crippen LogP contribution in [0, 0.1) is 6.92 Å². The number of nitrogens with zero attached hydrogens (tertiary/aromatic N) is 3. The normalized spacial score (nSPS) is 24.2. The topological polar surface area (TPSA) is 61.5 Å². The molecule has 3 rings (SSSR count). The number of carbonyl (C=O) groups excluding carboxylic acids is 1. The Morgan fingerprint density at radius 2 is 2.25 bits per heavy atom. The van der Waals surface area contributed by atoms with Gasteiger partial charge in [-0.2, -0.15) is 5.10 Å². The maximum atomic E-state index is 12.3. The van der Waals surface area contributed by atoms with Crippen LogP contribution < -0.4 is 0 Å². The molecular weight excluding hydrogens is 256 g/mol. The summed E-state index contributed by atoms with van der Waals surface area (Å²) >= 11 is 0. The summed E-state index contributed by atoms with van der Waals surface area (Å²) in [6.45, 7) is 7.46. The largest absolute Gasteiger partial charge is 0.379 e. The van der Waals surface area contributed by atoms with Gasteiger partial charge < -0.3 is 9.64 Å². The average Bonchev–Trinajstić information content (AvgIpc) is 3.08. The Bertz CT molecular complexity index is 467. The molecule has 2 saturated heterocycles. The minimum absolute atomic E-state index is 0.242. The van der Waals surface area contributed by atoms with Gasteiger partial charge in [-0.05, 0) is 18.9 Å². The number of hydrogen-bond acceptors (Lipinski definition) is 4. The van der Waals surface area contributed by atoms with Crippen LogP contribution >= 0.6 is 0 Å². The van der Waals surface area contributed by atoms with Gasteiger partial charge in [0.2, 0.25) is 5.91 Å². The first-order valence-corrected chi connectivity index (χ1v) is 7.32. The second-order valence-electron chi connectivity index (χ2n) is 5.68. The molecule has 0 saturated carbocycles. The van der Waals surface area contributed by atoms with E-state index in [0.717, 1.165) is 45.8 Å². The Morgan fingerprint density at radius 1 is 1.45 bits per heavy atom. The molecule has 1 N–H and O–H groups in total. The van der Waals surface area contributed by atoms with Crippen LogP contribution in [0.1, 0.15) is 23.6 Å². The number of amides is 1. The van der Waals surface area contributed by atoms with Crippen molar-refractivity contribution in [3.8, 4) is 0 Å². The van der Waals surface area contributed by atoms with Crippen LogP contribution in [0.25, 0.3) is 0 Å². The Hall–Kier alpha value is -1.40. The zero-order chi connectivity index (χ0) is 13.9. The third kappa shape index (κ3) is 2.86. The minimum atomic E-state index is 0.242. The highest BCUT2D eigenvalue weighted by Crippen LogP contribution is 2.27. The second kappa shape index (κ2) is 5.93. The van der Waals surface area contributed by atoms with Gasteiger partial charge in [0.1, 0.15) is 0 Å². The van der Waals surface area contributed by atoms with E-state index in [9.17, 15) is 4.79 Å². The lowest BCUT2D eigenvalue weighted by Crippen LogP contribution is -2.44. The molecule has 1 atom stereocenters. The zero-order valence-corrected chi connectivity index (χ0v) is 12.0. The summed E-state index contributed by atoms with van der Waals surface area (Å²) in [6, 6.07) is 0. The molecule has 0 aliphatic carbocycles. The van der Waals surface area contributed by atoms with Crippen LogP contribution in [0.3, 0.4) is 0 Å². The van der Waals surface area contributed by atoms with Gasteiger partial charge >= 0.3 is 0 Å². The first-order valence-electron chi connectivity index (χ1n) is 7.32. The van der Waals surface area contributed by atoms with Gasteiger partial charge in [0.15, 0.2) is 0 Å². The molecular formula is C14H22N4O2. The fourth-order valence-electron chi connectivity index (χ4n) is 3.04. The van der Waals surface area contributed by atoms with Gasteiger partial charge in [0.25, 0.3) is 0 Å². The smallest absolute Gasteiger partial charge is 0.236 e. The van der Waals surface area contributed by atoms with Crippen molar-refractivity contribution >= 4 is 5.91 Å². The summed E-state index contributed by atoms with van der Waals surface area (Å²) in [7, 11) is 0. The molecule has 2 fully saturated rings. The van der Waals surface area contributed by atoms with Crippen LogP contribution in [-0.2, 0) is 9.53 Å². The average molecular weight is 278 g/mol. The Balaban J connectivity index is 1.54. The number of aromatic amines is 1. The van der Waals surface area contributed by atoms with Crippen molar-refractivity contribution in [1.29, 1.82) is 0 Å². The molecule has 1 aromatic rings. The number of morpholine rings is 1. The van der Waals surface area contributed by atoms with Gasteiger partial charge in [-0.1, -0.05) is 0 Å². The summed E-state index contributed by atoms with van der Waals surface area (Å²) in [5.74, 6) is 0.651. The van der Waals surface area contributed by atoms with Gasteiger partial charge in [0.05, 0.1) is 26.0 Å². The van der Waals surface area contributed by atoms with Crippen molar-refractivity contribution in [3.05, 3.63) is 17.5 Å². The monoisotopic (exact) mass is 278 g/mol. The lowest BCUT2D eigenvalue weighted by atomic mass is 10.0. The van der Waals surface area contributed by atoms with E-state index in [1.807, 2.05) is 11.1 Å². The van der Waals surface area contributed by atoms with E-state index in [2.05, 4.69) is 22.0 Å². The number of H-pyrrole nitrogens is 1. The molecule has 0 aromatic carbocycles. The zero-order valence-electron chi connectivity index (χ0n) is 12.0. The van der Waals surface area contributed by atoms with Crippen LogP contribution in [-0.4, -0.2) is 71.8 Å². The van der Waals surface area contributed by atoms with E-state index < -0.39 is 0 Å². The van der Waals surface area contributed by atoms with Gasteiger partial charge in [0, 0.05) is 37.8 Å². The number of aromatic nitrogens is 2. The molecule has 0 unspecified atom stereocenters. The van der Waals surface area contributed by atoms with Gasteiger partial charge in [-0.15, -0.1) is 0 Å². The lowest BCUT2D eigenvalue weighted by molar-refractivity contribution is -0.132. The number of likely N-dealkylation sites (tertiary alicyclic amines) is 1. The van der Waals surface area contributed by atoms with Crippen LogP contribution in [0.2, 0.25) is 0 Å². The fraction of sp³-hybridized carbons (Fsp3) is 0.714. The maximum absolute atomic E-state index is 12.3. The predicted octanol–water partition coefficient (Wildman–Crippen LogP) is 0.366. The maximum Gasteiger partial charge on any atom is 0.236 e. The van der Waals surface area contributed by atoms with Crippen molar-refractivity contribution in [2.24, 2.45) is 0 Å². The van der Waals surface area contributed by atoms with Crippen molar-refractivity contribution in [2.45, 2.75) is 19.3 Å². The van der Waals surface area contributed by atoms with E-state index >= 15 is 0 Å². The molecule has 6 nitrogen and oxygen atoms in total. The number of hydrogen-bond donors (Lipinski definition) is 1. The quantitative estimate of drug-likeness (QED) is 0.867. The highest BCUT2D eigenvalue weighted by atomic mass is 16.5. The van der Waals surface area contributed by atoms with Crippen LogP contribution in [0.15, 0.2) is 6.20 Å². The summed E-state index contributed by atoms with van der Waals surface area (Å²) in [5, 5.41) is 7.15.